The van der Waals surface area contributed by atoms with Crippen LogP contribution in [0.15, 0.2) is 52.9 Å². The Morgan fingerprint density at radius 3 is 2.97 bits per heavy atom. The van der Waals surface area contributed by atoms with Crippen LogP contribution in [0.1, 0.15) is 50.2 Å². The van der Waals surface area contributed by atoms with Crippen LogP contribution in [-0.4, -0.2) is 15.5 Å². The zero-order valence-corrected chi connectivity index (χ0v) is 17.1. The van der Waals surface area contributed by atoms with Gasteiger partial charge in [-0.3, -0.25) is 4.79 Å². The van der Waals surface area contributed by atoms with Crippen molar-refractivity contribution in [3.05, 3.63) is 65.9 Å². The van der Waals surface area contributed by atoms with Gasteiger partial charge in [-0.05, 0) is 62.6 Å². The van der Waals surface area contributed by atoms with Crippen LogP contribution >= 0.6 is 0 Å². The Hall–Kier alpha value is -3.15. The first kappa shape index (κ1) is 18.9. The molecule has 0 saturated heterocycles. The van der Waals surface area contributed by atoms with Crippen molar-refractivity contribution in [3.63, 3.8) is 0 Å². The van der Waals surface area contributed by atoms with Crippen LogP contribution in [0.25, 0.3) is 22.0 Å². The third-order valence-electron chi connectivity index (χ3n) is 6.00. The molecule has 0 spiro atoms. The predicted octanol–water partition coefficient (Wildman–Crippen LogP) is 5.31. The smallest absolute Gasteiger partial charge is 0.220 e. The molecule has 4 aromatic rings. The first-order chi connectivity index (χ1) is 14.5. The van der Waals surface area contributed by atoms with Crippen molar-refractivity contribution in [1.82, 2.24) is 14.9 Å². The maximum Gasteiger partial charge on any atom is 0.220 e. The average Bonchev–Trinajstić information content (AvgIpc) is 3.19. The molecule has 5 nitrogen and oxygen atoms in total. The van der Waals surface area contributed by atoms with Crippen LogP contribution in [-0.2, 0) is 11.3 Å². The molecule has 1 amide bonds. The zero-order chi connectivity index (χ0) is 20.8. The van der Waals surface area contributed by atoms with E-state index in [1.54, 1.807) is 12.1 Å². The number of nitrogens with one attached hydrogen (secondary N) is 1. The van der Waals surface area contributed by atoms with Crippen LogP contribution in [0.5, 0.6) is 0 Å². The number of furan rings is 1. The number of carbonyl (C=O) groups is 1. The molecule has 30 heavy (non-hydrogen) atoms. The van der Waals surface area contributed by atoms with E-state index in [-0.39, 0.29) is 17.8 Å². The maximum absolute atomic E-state index is 13.4. The van der Waals surface area contributed by atoms with Crippen LogP contribution in [0.3, 0.4) is 0 Å². The van der Waals surface area contributed by atoms with Gasteiger partial charge in [0.15, 0.2) is 0 Å². The molecule has 3 atom stereocenters. The van der Waals surface area contributed by atoms with E-state index in [0.29, 0.717) is 35.0 Å². The van der Waals surface area contributed by atoms with Gasteiger partial charge in [0.05, 0.1) is 17.1 Å². The number of hydrogen-bond acceptors (Lipinski definition) is 3. The second kappa shape index (κ2) is 7.27. The van der Waals surface area contributed by atoms with Gasteiger partial charge >= 0.3 is 0 Å². The lowest BCUT2D eigenvalue weighted by atomic mass is 10.2. The van der Waals surface area contributed by atoms with E-state index >= 15 is 0 Å². The van der Waals surface area contributed by atoms with Crippen molar-refractivity contribution in [3.8, 4) is 0 Å². The lowest BCUT2D eigenvalue weighted by molar-refractivity contribution is -0.122. The van der Waals surface area contributed by atoms with Gasteiger partial charge in [0.25, 0.3) is 0 Å². The first-order valence-electron chi connectivity index (χ1n) is 10.5. The largest absolute Gasteiger partial charge is 0.459 e. The molecule has 0 radical (unpaired) electrons. The van der Waals surface area contributed by atoms with Gasteiger partial charge in [0.1, 0.15) is 23.0 Å². The highest BCUT2D eigenvalue weighted by atomic mass is 19.1. The van der Waals surface area contributed by atoms with E-state index in [2.05, 4.69) is 22.9 Å². The molecule has 1 aliphatic rings. The number of halogens is 1. The number of rotatable bonds is 6. The molecule has 0 unspecified atom stereocenters. The molecular weight excluding hydrogens is 381 g/mol. The summed E-state index contributed by atoms with van der Waals surface area (Å²) in [4.78, 5) is 17.4. The SMILES string of the molecule is CCn1c([C@H]2C[C@H]2CC(=O)N[C@H](C)c2cc3cc(F)ccc3o2)nc2ccccc21. The Balaban J connectivity index is 1.24. The van der Waals surface area contributed by atoms with Crippen molar-refractivity contribution >= 4 is 27.9 Å². The van der Waals surface area contributed by atoms with Gasteiger partial charge in [-0.2, -0.15) is 0 Å². The molecule has 1 fully saturated rings. The molecule has 1 N–H and O–H groups in total. The number of nitrogens with zero attached hydrogens (tertiary/aromatic N) is 2. The second-order valence-electron chi connectivity index (χ2n) is 8.13. The highest BCUT2D eigenvalue weighted by molar-refractivity contribution is 5.80. The van der Waals surface area contributed by atoms with Gasteiger partial charge < -0.3 is 14.3 Å². The van der Waals surface area contributed by atoms with Crippen molar-refractivity contribution < 1.29 is 13.6 Å². The summed E-state index contributed by atoms with van der Waals surface area (Å²) in [6, 6.07) is 14.1. The number of aromatic nitrogens is 2. The summed E-state index contributed by atoms with van der Waals surface area (Å²) in [6.07, 6.45) is 1.45. The fourth-order valence-electron chi connectivity index (χ4n) is 4.36. The van der Waals surface area contributed by atoms with Crippen molar-refractivity contribution in [2.24, 2.45) is 5.92 Å². The molecule has 2 aromatic heterocycles. The third kappa shape index (κ3) is 3.36. The van der Waals surface area contributed by atoms with Crippen LogP contribution in [0.4, 0.5) is 4.39 Å². The van der Waals surface area contributed by atoms with Gasteiger partial charge in [-0.15, -0.1) is 0 Å². The minimum atomic E-state index is -0.301. The first-order valence-corrected chi connectivity index (χ1v) is 10.5. The highest BCUT2D eigenvalue weighted by Gasteiger charge is 2.43. The van der Waals surface area contributed by atoms with Crippen molar-refractivity contribution in [2.45, 2.75) is 45.2 Å². The predicted molar refractivity (Wildman–Crippen MR) is 114 cm³/mol. The number of para-hydroxylation sites is 2. The Kier molecular flexibility index (Phi) is 4.57. The summed E-state index contributed by atoms with van der Waals surface area (Å²) < 4.78 is 21.4. The summed E-state index contributed by atoms with van der Waals surface area (Å²) in [7, 11) is 0. The average molecular weight is 405 g/mol. The lowest BCUT2D eigenvalue weighted by Gasteiger charge is -2.11. The molecule has 0 aliphatic heterocycles. The van der Waals surface area contributed by atoms with Crippen molar-refractivity contribution in [1.29, 1.82) is 0 Å². The number of benzene rings is 2. The molecule has 0 bridgehead atoms. The molecule has 2 heterocycles. The summed E-state index contributed by atoms with van der Waals surface area (Å²) in [5.41, 5.74) is 2.78. The van der Waals surface area contributed by atoms with Crippen molar-refractivity contribution in [2.75, 3.05) is 0 Å². The molecule has 1 saturated carbocycles. The minimum Gasteiger partial charge on any atom is -0.459 e. The summed E-state index contributed by atoms with van der Waals surface area (Å²) >= 11 is 0. The van der Waals surface area contributed by atoms with E-state index in [1.165, 1.54) is 12.1 Å². The topological polar surface area (TPSA) is 60.1 Å². The van der Waals surface area contributed by atoms with Gasteiger partial charge in [-0.1, -0.05) is 12.1 Å². The number of imidazole rings is 1. The normalized spacial score (nSPS) is 19.3. The Bertz CT molecular complexity index is 1240. The van der Waals surface area contributed by atoms with Gasteiger partial charge in [0.2, 0.25) is 5.91 Å². The van der Waals surface area contributed by atoms with Gasteiger partial charge in [-0.25, -0.2) is 9.37 Å². The Morgan fingerprint density at radius 2 is 2.13 bits per heavy atom. The summed E-state index contributed by atoms with van der Waals surface area (Å²) in [5.74, 6) is 2.05. The van der Waals surface area contributed by atoms with Crippen LogP contribution < -0.4 is 5.32 Å². The zero-order valence-electron chi connectivity index (χ0n) is 17.1. The number of hydrogen-bond donors (Lipinski definition) is 1. The summed E-state index contributed by atoms with van der Waals surface area (Å²) in [5, 5.41) is 3.72. The summed E-state index contributed by atoms with van der Waals surface area (Å²) in [6.45, 7) is 4.88. The number of fused-ring (bicyclic) bond motifs is 2. The molecule has 154 valence electrons. The van der Waals surface area contributed by atoms with Gasteiger partial charge in [0, 0.05) is 24.3 Å². The standard InChI is InChI=1S/C24H24FN3O2/c1-3-28-20-7-5-4-6-19(20)27-24(28)18-11-15(18)13-23(29)26-14(2)22-12-16-10-17(25)8-9-21(16)30-22/h4-10,12,14-15,18H,3,11,13H2,1-2H3,(H,26,29)/t14-,15+,18+/m1/s1. The van der Waals surface area contributed by atoms with E-state index in [1.807, 2.05) is 25.1 Å². The quantitative estimate of drug-likeness (QED) is 0.473. The number of amides is 1. The van der Waals surface area contributed by atoms with E-state index in [0.717, 1.165) is 29.8 Å². The molecule has 2 aromatic carbocycles. The van der Waals surface area contributed by atoms with Crippen LogP contribution in [0.2, 0.25) is 0 Å². The minimum absolute atomic E-state index is 0.000737. The number of carbonyl (C=O) groups excluding carboxylic acids is 1. The molecule has 6 heteroatoms. The maximum atomic E-state index is 13.4. The second-order valence-corrected chi connectivity index (χ2v) is 8.13. The van der Waals surface area contributed by atoms with E-state index in [9.17, 15) is 9.18 Å². The third-order valence-corrected chi connectivity index (χ3v) is 6.00. The fourth-order valence-corrected chi connectivity index (χ4v) is 4.36. The van der Waals surface area contributed by atoms with E-state index < -0.39 is 0 Å². The lowest BCUT2D eigenvalue weighted by Crippen LogP contribution is -2.26. The van der Waals surface area contributed by atoms with Crippen LogP contribution in [0, 0.1) is 11.7 Å². The monoisotopic (exact) mass is 405 g/mol. The highest BCUT2D eigenvalue weighted by Crippen LogP contribution is 2.49. The molecule has 1 aliphatic carbocycles. The number of aryl methyl sites for hydroxylation is 1. The molecular formula is C24H24FN3O2. The Morgan fingerprint density at radius 1 is 1.30 bits per heavy atom. The fraction of sp³-hybridized carbons (Fsp3) is 0.333. The van der Waals surface area contributed by atoms with E-state index in [4.69, 9.17) is 9.40 Å². The molecule has 5 rings (SSSR count). The Labute approximate surface area is 173 Å².